The van der Waals surface area contributed by atoms with Gasteiger partial charge in [-0.3, -0.25) is 14.5 Å². The van der Waals surface area contributed by atoms with Gasteiger partial charge in [0.2, 0.25) is 5.91 Å². The molecule has 1 aliphatic rings. The van der Waals surface area contributed by atoms with Gasteiger partial charge in [-0.25, -0.2) is 0 Å². The molecule has 5 nitrogen and oxygen atoms in total. The number of methoxy groups -OCH3 is 1. The van der Waals surface area contributed by atoms with Gasteiger partial charge in [-0.1, -0.05) is 26.2 Å². The molecule has 0 radical (unpaired) electrons. The molecule has 0 N–H and O–H groups in total. The maximum Gasteiger partial charge on any atom is 0.306 e. The fraction of sp³-hybridized carbons (Fsp3) is 0.875. The van der Waals surface area contributed by atoms with Crippen molar-refractivity contribution in [3.63, 3.8) is 0 Å². The Morgan fingerprint density at radius 1 is 1.10 bits per heavy atom. The third-order valence-electron chi connectivity index (χ3n) is 4.34. The summed E-state index contributed by atoms with van der Waals surface area (Å²) in [5.41, 5.74) is 0. The Kier molecular flexibility index (Phi) is 8.35. The average molecular weight is 298 g/mol. The zero-order chi connectivity index (χ0) is 15.7. The molecule has 0 spiro atoms. The molecule has 1 amide bonds. The highest BCUT2D eigenvalue weighted by Crippen LogP contribution is 2.22. The van der Waals surface area contributed by atoms with Crippen molar-refractivity contribution in [2.75, 3.05) is 33.3 Å². The lowest BCUT2D eigenvalue weighted by Crippen LogP contribution is -2.46. The lowest BCUT2D eigenvalue weighted by Gasteiger charge is -2.35. The molecule has 0 saturated heterocycles. The van der Waals surface area contributed by atoms with Crippen LogP contribution in [0.5, 0.6) is 0 Å². The minimum atomic E-state index is -0.222. The zero-order valence-corrected chi connectivity index (χ0v) is 13.8. The SMILES string of the molecule is CCN(CCC(=O)OC)CC(=O)N(CC)C1CCCCC1. The van der Waals surface area contributed by atoms with E-state index in [9.17, 15) is 9.59 Å². The molecule has 1 fully saturated rings. The molecule has 0 aromatic heterocycles. The van der Waals surface area contributed by atoms with Gasteiger partial charge in [0.15, 0.2) is 0 Å². The molecule has 0 aromatic carbocycles. The van der Waals surface area contributed by atoms with Crippen molar-refractivity contribution < 1.29 is 14.3 Å². The van der Waals surface area contributed by atoms with Crippen molar-refractivity contribution in [2.45, 2.75) is 58.4 Å². The molecule has 0 aliphatic heterocycles. The molecule has 0 heterocycles. The van der Waals surface area contributed by atoms with Crippen LogP contribution in [0.1, 0.15) is 52.4 Å². The van der Waals surface area contributed by atoms with Crippen LogP contribution in [0.4, 0.5) is 0 Å². The monoisotopic (exact) mass is 298 g/mol. The summed E-state index contributed by atoms with van der Waals surface area (Å²) < 4.78 is 4.65. The van der Waals surface area contributed by atoms with Crippen molar-refractivity contribution in [2.24, 2.45) is 0 Å². The smallest absolute Gasteiger partial charge is 0.306 e. The Morgan fingerprint density at radius 2 is 1.76 bits per heavy atom. The van der Waals surface area contributed by atoms with Crippen LogP contribution in [0.15, 0.2) is 0 Å². The van der Waals surface area contributed by atoms with Crippen molar-refractivity contribution in [1.82, 2.24) is 9.80 Å². The maximum atomic E-state index is 12.5. The molecule has 5 heteroatoms. The molecule has 122 valence electrons. The van der Waals surface area contributed by atoms with Crippen molar-refractivity contribution in [3.8, 4) is 0 Å². The Hall–Kier alpha value is -1.10. The van der Waals surface area contributed by atoms with Gasteiger partial charge in [0.05, 0.1) is 20.1 Å². The van der Waals surface area contributed by atoms with E-state index in [1.54, 1.807) is 0 Å². The minimum absolute atomic E-state index is 0.191. The molecule has 0 atom stereocenters. The highest BCUT2D eigenvalue weighted by atomic mass is 16.5. The van der Waals surface area contributed by atoms with Gasteiger partial charge in [-0.15, -0.1) is 0 Å². The lowest BCUT2D eigenvalue weighted by molar-refractivity contribution is -0.142. The quantitative estimate of drug-likeness (QED) is 0.644. The van der Waals surface area contributed by atoms with Crippen LogP contribution in [-0.2, 0) is 14.3 Å². The molecule has 1 aliphatic carbocycles. The molecule has 0 bridgehead atoms. The normalized spacial score (nSPS) is 16.0. The van der Waals surface area contributed by atoms with E-state index in [-0.39, 0.29) is 11.9 Å². The van der Waals surface area contributed by atoms with E-state index >= 15 is 0 Å². The standard InChI is InChI=1S/C16H30N2O3/c1-4-17(12-11-16(20)21-3)13-15(19)18(5-2)14-9-7-6-8-10-14/h14H,4-13H2,1-3H3. The largest absolute Gasteiger partial charge is 0.469 e. The molecule has 21 heavy (non-hydrogen) atoms. The van der Waals surface area contributed by atoms with E-state index < -0.39 is 0 Å². The Morgan fingerprint density at radius 3 is 2.29 bits per heavy atom. The number of nitrogens with zero attached hydrogens (tertiary/aromatic N) is 2. The summed E-state index contributed by atoms with van der Waals surface area (Å²) in [7, 11) is 1.39. The van der Waals surface area contributed by atoms with Crippen LogP contribution < -0.4 is 0 Å². The summed E-state index contributed by atoms with van der Waals surface area (Å²) in [6.45, 7) is 6.59. The van der Waals surface area contributed by atoms with Gasteiger partial charge in [-0.2, -0.15) is 0 Å². The number of rotatable bonds is 8. The second-order valence-corrected chi connectivity index (χ2v) is 5.67. The number of esters is 1. The van der Waals surface area contributed by atoms with E-state index in [0.29, 0.717) is 25.6 Å². The number of carbonyl (C=O) groups is 2. The number of likely N-dealkylation sites (N-methyl/N-ethyl adjacent to an activating group) is 2. The van der Waals surface area contributed by atoms with E-state index in [1.807, 2.05) is 16.7 Å². The fourth-order valence-electron chi connectivity index (χ4n) is 3.01. The Balaban J connectivity index is 2.48. The van der Waals surface area contributed by atoms with E-state index in [1.165, 1.54) is 26.4 Å². The average Bonchev–Trinajstić information content (AvgIpc) is 2.52. The first kappa shape index (κ1) is 18.0. The van der Waals surface area contributed by atoms with Crippen molar-refractivity contribution in [3.05, 3.63) is 0 Å². The van der Waals surface area contributed by atoms with Gasteiger partial charge in [0.25, 0.3) is 0 Å². The highest BCUT2D eigenvalue weighted by Gasteiger charge is 2.25. The summed E-state index contributed by atoms with van der Waals surface area (Å²) in [5, 5.41) is 0. The van der Waals surface area contributed by atoms with E-state index in [4.69, 9.17) is 0 Å². The van der Waals surface area contributed by atoms with Crippen LogP contribution >= 0.6 is 0 Å². The number of ether oxygens (including phenoxy) is 1. The molecular weight excluding hydrogens is 268 g/mol. The zero-order valence-electron chi connectivity index (χ0n) is 13.8. The first-order chi connectivity index (χ1) is 10.1. The van der Waals surface area contributed by atoms with Crippen LogP contribution in [0.2, 0.25) is 0 Å². The third-order valence-corrected chi connectivity index (χ3v) is 4.34. The van der Waals surface area contributed by atoms with Crippen molar-refractivity contribution in [1.29, 1.82) is 0 Å². The first-order valence-electron chi connectivity index (χ1n) is 8.21. The van der Waals surface area contributed by atoms with Gasteiger partial charge < -0.3 is 9.64 Å². The van der Waals surface area contributed by atoms with Crippen LogP contribution in [0, 0.1) is 0 Å². The fourth-order valence-corrected chi connectivity index (χ4v) is 3.01. The number of carbonyl (C=O) groups excluding carboxylic acids is 2. The summed E-state index contributed by atoms with van der Waals surface area (Å²) in [5.74, 6) is -0.0309. The van der Waals surface area contributed by atoms with Gasteiger partial charge in [-0.05, 0) is 26.3 Å². The van der Waals surface area contributed by atoms with E-state index in [0.717, 1.165) is 25.9 Å². The summed E-state index contributed by atoms with van der Waals surface area (Å²) in [6.07, 6.45) is 6.36. The van der Waals surface area contributed by atoms with Gasteiger partial charge >= 0.3 is 5.97 Å². The topological polar surface area (TPSA) is 49.9 Å². The second-order valence-electron chi connectivity index (χ2n) is 5.67. The second kappa shape index (κ2) is 9.77. The number of hydrogen-bond acceptors (Lipinski definition) is 4. The Labute approximate surface area is 128 Å². The first-order valence-corrected chi connectivity index (χ1v) is 8.21. The highest BCUT2D eigenvalue weighted by molar-refractivity contribution is 5.78. The van der Waals surface area contributed by atoms with Crippen molar-refractivity contribution >= 4 is 11.9 Å². The molecule has 0 aromatic rings. The maximum absolute atomic E-state index is 12.5. The summed E-state index contributed by atoms with van der Waals surface area (Å²) in [6, 6.07) is 0.413. The predicted molar refractivity (Wildman–Crippen MR) is 83.0 cm³/mol. The molecule has 1 rings (SSSR count). The minimum Gasteiger partial charge on any atom is -0.469 e. The van der Waals surface area contributed by atoms with Gasteiger partial charge in [0.1, 0.15) is 0 Å². The van der Waals surface area contributed by atoms with Gasteiger partial charge in [0, 0.05) is 19.1 Å². The lowest BCUT2D eigenvalue weighted by atomic mass is 9.94. The molecular formula is C16H30N2O3. The summed E-state index contributed by atoms with van der Waals surface area (Å²) in [4.78, 5) is 27.8. The molecule has 1 saturated carbocycles. The Bertz CT molecular complexity index is 327. The van der Waals surface area contributed by atoms with E-state index in [2.05, 4.69) is 11.7 Å². The number of hydrogen-bond donors (Lipinski definition) is 0. The van der Waals surface area contributed by atoms with Crippen LogP contribution in [0.25, 0.3) is 0 Å². The third kappa shape index (κ3) is 6.04. The molecule has 0 unspecified atom stereocenters. The summed E-state index contributed by atoms with van der Waals surface area (Å²) >= 11 is 0. The predicted octanol–water partition coefficient (Wildman–Crippen LogP) is 2.05. The number of amides is 1. The van der Waals surface area contributed by atoms with Crippen LogP contribution in [-0.4, -0.2) is 61.0 Å². The van der Waals surface area contributed by atoms with Crippen LogP contribution in [0.3, 0.4) is 0 Å².